The van der Waals surface area contributed by atoms with Crippen molar-refractivity contribution >= 4 is 41.3 Å². The minimum atomic E-state index is -0.351. The molecule has 0 amide bonds. The number of guanidine groups is 1. The number of pyridine rings is 1. The fourth-order valence-corrected chi connectivity index (χ4v) is 2.92. The van der Waals surface area contributed by atoms with Crippen LogP contribution in [0.5, 0.6) is 11.6 Å². The fourth-order valence-electron chi connectivity index (χ4n) is 2.28. The van der Waals surface area contributed by atoms with Crippen LogP contribution >= 0.6 is 35.3 Å². The van der Waals surface area contributed by atoms with Crippen molar-refractivity contribution in [3.05, 3.63) is 76.4 Å². The number of thiophene rings is 1. The molecule has 1 aromatic carbocycles. The molecule has 3 aromatic rings. The van der Waals surface area contributed by atoms with Gasteiger partial charge in [0.15, 0.2) is 5.96 Å². The van der Waals surface area contributed by atoms with Crippen molar-refractivity contribution < 1.29 is 9.13 Å². The van der Waals surface area contributed by atoms with E-state index in [0.717, 1.165) is 5.56 Å². The molecular formula is C19H20FIN4OS. The van der Waals surface area contributed by atoms with Gasteiger partial charge in [0.25, 0.3) is 0 Å². The smallest absolute Gasteiger partial charge is 0.224 e. The van der Waals surface area contributed by atoms with E-state index in [0.29, 0.717) is 30.7 Å². The summed E-state index contributed by atoms with van der Waals surface area (Å²) in [6, 6.07) is 13.8. The minimum Gasteiger partial charge on any atom is -0.439 e. The van der Waals surface area contributed by atoms with E-state index in [1.807, 2.05) is 23.6 Å². The van der Waals surface area contributed by atoms with Gasteiger partial charge >= 0.3 is 0 Å². The summed E-state index contributed by atoms with van der Waals surface area (Å²) in [6.07, 6.45) is 1.64. The lowest BCUT2D eigenvalue weighted by Crippen LogP contribution is -2.36. The molecule has 0 spiro atoms. The average molecular weight is 498 g/mol. The van der Waals surface area contributed by atoms with Crippen LogP contribution in [0.25, 0.3) is 0 Å². The number of ether oxygens (including phenoxy) is 1. The van der Waals surface area contributed by atoms with Gasteiger partial charge in [0.1, 0.15) is 11.6 Å². The van der Waals surface area contributed by atoms with Crippen LogP contribution in [0.2, 0.25) is 0 Å². The number of aliphatic imine (C=N–C) groups is 1. The predicted octanol–water partition coefficient (Wildman–Crippen LogP) is 4.56. The Balaban J connectivity index is 0.00000261. The molecule has 2 N–H and O–H groups in total. The van der Waals surface area contributed by atoms with Crippen molar-refractivity contribution in [2.45, 2.75) is 13.1 Å². The van der Waals surface area contributed by atoms with E-state index in [-0.39, 0.29) is 29.8 Å². The summed E-state index contributed by atoms with van der Waals surface area (Å²) in [5, 5.41) is 8.53. The van der Waals surface area contributed by atoms with E-state index >= 15 is 0 Å². The fraction of sp³-hybridized carbons (Fsp3) is 0.158. The maximum absolute atomic E-state index is 13.3. The largest absolute Gasteiger partial charge is 0.439 e. The second kappa shape index (κ2) is 10.8. The monoisotopic (exact) mass is 498 g/mol. The Labute approximate surface area is 178 Å². The molecule has 2 aromatic heterocycles. The molecule has 27 heavy (non-hydrogen) atoms. The van der Waals surface area contributed by atoms with Crippen LogP contribution in [0.4, 0.5) is 4.39 Å². The second-order valence-corrected chi connectivity index (χ2v) is 6.42. The average Bonchev–Trinajstić information content (AvgIpc) is 3.17. The van der Waals surface area contributed by atoms with E-state index in [4.69, 9.17) is 4.74 Å². The Hall–Kier alpha value is -2.20. The Morgan fingerprint density at radius 2 is 2.00 bits per heavy atom. The van der Waals surface area contributed by atoms with Crippen molar-refractivity contribution in [3.8, 4) is 11.6 Å². The summed E-state index contributed by atoms with van der Waals surface area (Å²) in [5.41, 5.74) is 0.843. The van der Waals surface area contributed by atoms with Gasteiger partial charge in [-0.25, -0.2) is 9.37 Å². The van der Waals surface area contributed by atoms with Crippen LogP contribution in [0.3, 0.4) is 0 Å². The lowest BCUT2D eigenvalue weighted by molar-refractivity contribution is 0.450. The molecule has 0 aliphatic carbocycles. The highest BCUT2D eigenvalue weighted by atomic mass is 127. The van der Waals surface area contributed by atoms with E-state index < -0.39 is 0 Å². The highest BCUT2D eigenvalue weighted by Gasteiger charge is 2.08. The summed E-state index contributed by atoms with van der Waals surface area (Å²) in [6.45, 7) is 1.18. The predicted molar refractivity (Wildman–Crippen MR) is 117 cm³/mol. The zero-order chi connectivity index (χ0) is 18.2. The maximum atomic E-state index is 13.3. The number of hydrogen-bond acceptors (Lipinski definition) is 4. The summed E-state index contributed by atoms with van der Waals surface area (Å²) in [5.74, 6) is 1.17. The maximum Gasteiger partial charge on any atom is 0.224 e. The van der Waals surface area contributed by atoms with Crippen molar-refractivity contribution in [3.63, 3.8) is 0 Å². The lowest BCUT2D eigenvalue weighted by Gasteiger charge is -2.13. The van der Waals surface area contributed by atoms with E-state index in [1.54, 1.807) is 36.7 Å². The van der Waals surface area contributed by atoms with Gasteiger partial charge in [0.2, 0.25) is 5.88 Å². The first kappa shape index (κ1) is 21.1. The normalized spacial score (nSPS) is 10.8. The topological polar surface area (TPSA) is 58.5 Å². The third kappa shape index (κ3) is 6.47. The van der Waals surface area contributed by atoms with Gasteiger partial charge in [0, 0.05) is 36.3 Å². The minimum absolute atomic E-state index is 0. The Bertz CT molecular complexity index is 874. The van der Waals surface area contributed by atoms with E-state index in [1.165, 1.54) is 17.0 Å². The Kier molecular flexibility index (Phi) is 8.46. The molecule has 2 heterocycles. The first-order valence-electron chi connectivity index (χ1n) is 8.09. The second-order valence-electron chi connectivity index (χ2n) is 5.39. The van der Waals surface area contributed by atoms with Gasteiger partial charge in [-0.05, 0) is 29.6 Å². The molecule has 0 fully saturated rings. The number of aromatic nitrogens is 1. The van der Waals surface area contributed by atoms with Gasteiger partial charge in [-0.3, -0.25) is 4.99 Å². The highest BCUT2D eigenvalue weighted by Crippen LogP contribution is 2.23. The van der Waals surface area contributed by atoms with Crippen molar-refractivity contribution in [1.29, 1.82) is 0 Å². The van der Waals surface area contributed by atoms with Crippen molar-refractivity contribution in [2.75, 3.05) is 7.05 Å². The molecule has 0 aliphatic rings. The molecule has 0 atom stereocenters. The van der Waals surface area contributed by atoms with Crippen molar-refractivity contribution in [1.82, 2.24) is 15.6 Å². The van der Waals surface area contributed by atoms with Gasteiger partial charge in [-0.15, -0.1) is 35.3 Å². The van der Waals surface area contributed by atoms with Gasteiger partial charge in [-0.1, -0.05) is 18.2 Å². The standard InChI is InChI=1S/C19H19FN4OS.HI/c1-21-19(24-13-17-8-4-10-26-17)23-12-14-5-3-9-22-18(14)25-16-7-2-6-15(20)11-16;/h2-11H,12-13H2,1H3,(H2,21,23,24);1H. The number of rotatable bonds is 6. The molecule has 5 nitrogen and oxygen atoms in total. The number of nitrogens with one attached hydrogen (secondary N) is 2. The van der Waals surface area contributed by atoms with Crippen LogP contribution in [-0.4, -0.2) is 18.0 Å². The molecular weight excluding hydrogens is 478 g/mol. The quantitative estimate of drug-likeness (QED) is 0.297. The molecule has 3 rings (SSSR count). The molecule has 0 aliphatic heterocycles. The summed E-state index contributed by atoms with van der Waals surface area (Å²) in [4.78, 5) is 9.69. The third-order valence-corrected chi connectivity index (χ3v) is 4.42. The molecule has 0 radical (unpaired) electrons. The van der Waals surface area contributed by atoms with E-state index in [2.05, 4.69) is 26.7 Å². The first-order chi connectivity index (χ1) is 12.7. The molecule has 0 bridgehead atoms. The van der Waals surface area contributed by atoms with Crippen LogP contribution in [0.15, 0.2) is 65.1 Å². The molecule has 8 heteroatoms. The van der Waals surface area contributed by atoms with Crippen LogP contribution in [-0.2, 0) is 13.1 Å². The van der Waals surface area contributed by atoms with Gasteiger partial charge in [-0.2, -0.15) is 0 Å². The zero-order valence-corrected chi connectivity index (χ0v) is 17.8. The Morgan fingerprint density at radius 1 is 1.15 bits per heavy atom. The zero-order valence-electron chi connectivity index (χ0n) is 14.7. The number of benzene rings is 1. The van der Waals surface area contributed by atoms with E-state index in [9.17, 15) is 4.39 Å². The van der Waals surface area contributed by atoms with Crippen molar-refractivity contribution in [2.24, 2.45) is 4.99 Å². The van der Waals surface area contributed by atoms with Crippen LogP contribution in [0, 0.1) is 5.82 Å². The van der Waals surface area contributed by atoms with Crippen LogP contribution < -0.4 is 15.4 Å². The molecule has 142 valence electrons. The molecule has 0 unspecified atom stereocenters. The SMILES string of the molecule is CN=C(NCc1cccs1)NCc1cccnc1Oc1cccc(F)c1.I. The number of halogens is 2. The van der Waals surface area contributed by atoms with Gasteiger partial charge in [0.05, 0.1) is 6.54 Å². The molecule has 0 saturated carbocycles. The van der Waals surface area contributed by atoms with Crippen LogP contribution in [0.1, 0.15) is 10.4 Å². The lowest BCUT2D eigenvalue weighted by atomic mass is 10.2. The molecule has 0 saturated heterocycles. The number of hydrogen-bond donors (Lipinski definition) is 2. The number of nitrogens with zero attached hydrogens (tertiary/aromatic N) is 2. The summed E-state index contributed by atoms with van der Waals surface area (Å²) in [7, 11) is 1.72. The summed E-state index contributed by atoms with van der Waals surface area (Å²) < 4.78 is 19.1. The highest BCUT2D eigenvalue weighted by molar-refractivity contribution is 14.0. The summed E-state index contributed by atoms with van der Waals surface area (Å²) >= 11 is 1.69. The first-order valence-corrected chi connectivity index (χ1v) is 8.97. The van der Waals surface area contributed by atoms with Gasteiger partial charge < -0.3 is 15.4 Å². The Morgan fingerprint density at radius 3 is 2.74 bits per heavy atom. The third-order valence-electron chi connectivity index (χ3n) is 3.54.